The number of aryl methyl sites for hydroxylation is 2. The molecule has 0 aromatic carbocycles. The van der Waals surface area contributed by atoms with E-state index in [1.54, 1.807) is 0 Å². The molecule has 3 heteroatoms. The van der Waals surface area contributed by atoms with Crippen molar-refractivity contribution >= 4 is 11.3 Å². The summed E-state index contributed by atoms with van der Waals surface area (Å²) in [6.45, 7) is 8.77. The number of aromatic nitrogens is 1. The number of nitrogens with zero attached hydrogens (tertiary/aromatic N) is 1. The van der Waals surface area contributed by atoms with Crippen LogP contribution in [0.5, 0.6) is 0 Å². The van der Waals surface area contributed by atoms with Crippen LogP contribution in [0.2, 0.25) is 0 Å². The zero-order chi connectivity index (χ0) is 12.3. The molecule has 96 valence electrons. The van der Waals surface area contributed by atoms with E-state index >= 15 is 0 Å². The molecule has 17 heavy (non-hydrogen) atoms. The number of thiazole rings is 1. The molecule has 1 aromatic rings. The van der Waals surface area contributed by atoms with E-state index in [0.717, 1.165) is 18.4 Å². The second-order valence-corrected chi connectivity index (χ2v) is 6.69. The molecule has 1 aromatic heterocycles. The third-order valence-electron chi connectivity index (χ3n) is 4.04. The van der Waals surface area contributed by atoms with Crippen molar-refractivity contribution in [1.29, 1.82) is 0 Å². The second-order valence-electron chi connectivity index (χ2n) is 5.40. The maximum Gasteiger partial charge on any atom is 0.107 e. The minimum atomic E-state index is 0.880. The van der Waals surface area contributed by atoms with Gasteiger partial charge in [0.2, 0.25) is 0 Å². The Bertz CT molecular complexity index is 340. The van der Waals surface area contributed by atoms with E-state index < -0.39 is 0 Å². The van der Waals surface area contributed by atoms with Crippen LogP contribution < -0.4 is 5.32 Å². The quantitative estimate of drug-likeness (QED) is 0.884. The summed E-state index contributed by atoms with van der Waals surface area (Å²) in [7, 11) is 0. The van der Waals surface area contributed by atoms with Gasteiger partial charge in [0.15, 0.2) is 0 Å². The molecule has 1 heterocycles. The predicted octanol–water partition coefficient (Wildman–Crippen LogP) is 3.68. The van der Waals surface area contributed by atoms with Gasteiger partial charge in [-0.25, -0.2) is 4.98 Å². The number of rotatable bonds is 4. The Morgan fingerprint density at radius 3 is 2.71 bits per heavy atom. The maximum absolute atomic E-state index is 4.57. The Kier molecular flexibility index (Phi) is 4.57. The first kappa shape index (κ1) is 13.0. The van der Waals surface area contributed by atoms with Crippen LogP contribution in [0.15, 0.2) is 0 Å². The Labute approximate surface area is 109 Å². The fourth-order valence-electron chi connectivity index (χ4n) is 2.68. The molecular weight excluding hydrogens is 228 g/mol. The van der Waals surface area contributed by atoms with Crippen molar-refractivity contribution in [2.45, 2.75) is 53.0 Å². The van der Waals surface area contributed by atoms with Crippen LogP contribution in [0, 0.1) is 25.7 Å². The van der Waals surface area contributed by atoms with Crippen molar-refractivity contribution in [1.82, 2.24) is 10.3 Å². The second kappa shape index (κ2) is 5.96. The molecule has 0 saturated heterocycles. The lowest BCUT2D eigenvalue weighted by Crippen LogP contribution is -2.29. The molecule has 1 aliphatic rings. The molecule has 2 nitrogen and oxygen atoms in total. The van der Waals surface area contributed by atoms with Crippen molar-refractivity contribution in [3.63, 3.8) is 0 Å². The van der Waals surface area contributed by atoms with Gasteiger partial charge in [0.25, 0.3) is 0 Å². The zero-order valence-electron chi connectivity index (χ0n) is 11.3. The number of hydrogen-bond acceptors (Lipinski definition) is 3. The van der Waals surface area contributed by atoms with Crippen LogP contribution in [0.3, 0.4) is 0 Å². The normalized spacial score (nSPS) is 25.1. The molecule has 1 aliphatic carbocycles. The van der Waals surface area contributed by atoms with E-state index in [1.807, 2.05) is 11.3 Å². The molecule has 0 aliphatic heterocycles. The maximum atomic E-state index is 4.57. The van der Waals surface area contributed by atoms with E-state index in [0.29, 0.717) is 0 Å². The van der Waals surface area contributed by atoms with Crippen LogP contribution in [0.4, 0.5) is 0 Å². The van der Waals surface area contributed by atoms with Crippen molar-refractivity contribution in [2.24, 2.45) is 11.8 Å². The van der Waals surface area contributed by atoms with E-state index in [1.165, 1.54) is 47.8 Å². The van der Waals surface area contributed by atoms with Gasteiger partial charge in [-0.05, 0) is 38.6 Å². The first-order valence-electron chi connectivity index (χ1n) is 6.80. The highest BCUT2D eigenvalue weighted by atomic mass is 32.1. The lowest BCUT2D eigenvalue weighted by Gasteiger charge is -2.28. The van der Waals surface area contributed by atoms with Gasteiger partial charge in [0, 0.05) is 11.4 Å². The van der Waals surface area contributed by atoms with Gasteiger partial charge in [-0.2, -0.15) is 0 Å². The highest BCUT2D eigenvalue weighted by Gasteiger charge is 2.20. The summed E-state index contributed by atoms with van der Waals surface area (Å²) in [5, 5.41) is 4.83. The van der Waals surface area contributed by atoms with Gasteiger partial charge in [-0.1, -0.05) is 26.2 Å². The molecule has 2 rings (SSSR count). The smallest absolute Gasteiger partial charge is 0.107 e. The lowest BCUT2D eigenvalue weighted by molar-refractivity contribution is 0.247. The average Bonchev–Trinajstić information content (AvgIpc) is 2.61. The third kappa shape index (κ3) is 3.52. The van der Waals surface area contributed by atoms with Crippen molar-refractivity contribution in [3.05, 3.63) is 15.6 Å². The fraction of sp³-hybridized carbons (Fsp3) is 0.786. The van der Waals surface area contributed by atoms with Crippen molar-refractivity contribution in [3.8, 4) is 0 Å². The predicted molar refractivity (Wildman–Crippen MR) is 74.4 cm³/mol. The van der Waals surface area contributed by atoms with Crippen LogP contribution >= 0.6 is 11.3 Å². The van der Waals surface area contributed by atoms with Gasteiger partial charge in [-0.15, -0.1) is 11.3 Å². The molecule has 0 spiro atoms. The lowest BCUT2D eigenvalue weighted by atomic mass is 9.80. The first-order chi connectivity index (χ1) is 8.16. The summed E-state index contributed by atoms with van der Waals surface area (Å²) < 4.78 is 0. The summed E-state index contributed by atoms with van der Waals surface area (Å²) in [6.07, 6.45) is 5.68. The average molecular weight is 252 g/mol. The topological polar surface area (TPSA) is 24.9 Å². The molecule has 2 unspecified atom stereocenters. The number of hydrogen-bond donors (Lipinski definition) is 1. The molecule has 1 fully saturated rings. The van der Waals surface area contributed by atoms with Gasteiger partial charge in [0.1, 0.15) is 5.01 Å². The van der Waals surface area contributed by atoms with Crippen molar-refractivity contribution in [2.75, 3.05) is 6.54 Å². The molecule has 0 amide bonds. The van der Waals surface area contributed by atoms with E-state index in [-0.39, 0.29) is 0 Å². The van der Waals surface area contributed by atoms with Crippen LogP contribution in [0.25, 0.3) is 0 Å². The van der Waals surface area contributed by atoms with Gasteiger partial charge >= 0.3 is 0 Å². The summed E-state index contributed by atoms with van der Waals surface area (Å²) in [6, 6.07) is 0. The van der Waals surface area contributed by atoms with Crippen LogP contribution in [-0.4, -0.2) is 11.5 Å². The minimum Gasteiger partial charge on any atom is -0.310 e. The summed E-state index contributed by atoms with van der Waals surface area (Å²) >= 11 is 1.83. The van der Waals surface area contributed by atoms with E-state index in [9.17, 15) is 0 Å². The van der Waals surface area contributed by atoms with Gasteiger partial charge < -0.3 is 5.32 Å². The molecule has 0 radical (unpaired) electrons. The van der Waals surface area contributed by atoms with E-state index in [4.69, 9.17) is 0 Å². The summed E-state index contributed by atoms with van der Waals surface area (Å²) in [5.41, 5.74) is 1.19. The van der Waals surface area contributed by atoms with Crippen LogP contribution in [0.1, 0.15) is 48.2 Å². The fourth-order valence-corrected chi connectivity index (χ4v) is 3.58. The largest absolute Gasteiger partial charge is 0.310 e. The first-order valence-corrected chi connectivity index (χ1v) is 7.62. The monoisotopic (exact) mass is 252 g/mol. The van der Waals surface area contributed by atoms with Crippen molar-refractivity contribution < 1.29 is 0 Å². The highest BCUT2D eigenvalue weighted by molar-refractivity contribution is 7.11. The van der Waals surface area contributed by atoms with E-state index in [2.05, 4.69) is 31.1 Å². The van der Waals surface area contributed by atoms with Crippen LogP contribution in [-0.2, 0) is 6.54 Å². The molecule has 0 bridgehead atoms. The summed E-state index contributed by atoms with van der Waals surface area (Å²) in [4.78, 5) is 5.92. The number of nitrogens with one attached hydrogen (secondary N) is 1. The third-order valence-corrected chi connectivity index (χ3v) is 5.12. The minimum absolute atomic E-state index is 0.880. The molecular formula is C14H24N2S. The molecule has 2 atom stereocenters. The highest BCUT2D eigenvalue weighted by Crippen LogP contribution is 2.29. The van der Waals surface area contributed by atoms with Gasteiger partial charge in [0.05, 0.1) is 5.69 Å². The SMILES string of the molecule is Cc1nc(CNCC2CCCCC2C)sc1C. The Morgan fingerprint density at radius 2 is 2.06 bits per heavy atom. The Balaban J connectivity index is 1.75. The summed E-state index contributed by atoms with van der Waals surface area (Å²) in [5.74, 6) is 1.78. The molecule has 1 N–H and O–H groups in total. The molecule has 1 saturated carbocycles. The van der Waals surface area contributed by atoms with Gasteiger partial charge in [-0.3, -0.25) is 0 Å². The zero-order valence-corrected chi connectivity index (χ0v) is 12.1. The standard InChI is InChI=1S/C14H24N2S/c1-10-6-4-5-7-13(10)8-15-9-14-16-11(2)12(3)17-14/h10,13,15H,4-9H2,1-3H3. The Morgan fingerprint density at radius 1 is 1.29 bits per heavy atom. The Hall–Kier alpha value is -0.410.